The van der Waals surface area contributed by atoms with Gasteiger partial charge in [0.25, 0.3) is 0 Å². The molecule has 0 saturated heterocycles. The maximum atomic E-state index is 13.5. The number of hydrogen-bond acceptors (Lipinski definition) is 4. The van der Waals surface area contributed by atoms with Crippen LogP contribution in [-0.2, 0) is 17.8 Å². The number of benzene rings is 1. The number of thioether (sulfide) groups is 1. The molecular formula is C25H36N4OS. The zero-order valence-electron chi connectivity index (χ0n) is 18.8. The molecule has 1 amide bonds. The van der Waals surface area contributed by atoms with E-state index in [1.54, 1.807) is 11.8 Å². The molecule has 2 aromatic rings. The fraction of sp³-hybridized carbons (Fsp3) is 0.640. The Morgan fingerprint density at radius 2 is 1.58 bits per heavy atom. The van der Waals surface area contributed by atoms with Crippen molar-refractivity contribution in [1.82, 2.24) is 19.7 Å². The minimum atomic E-state index is 0.305. The Kier molecular flexibility index (Phi) is 8.06. The quantitative estimate of drug-likeness (QED) is 0.510. The van der Waals surface area contributed by atoms with Crippen molar-refractivity contribution in [1.29, 1.82) is 0 Å². The van der Waals surface area contributed by atoms with Gasteiger partial charge < -0.3 is 9.47 Å². The minimum absolute atomic E-state index is 0.305. The first-order valence-corrected chi connectivity index (χ1v) is 13.1. The lowest BCUT2D eigenvalue weighted by atomic mass is 9.88. The van der Waals surface area contributed by atoms with E-state index in [0.717, 1.165) is 23.9 Å². The molecular weight excluding hydrogens is 404 g/mol. The number of hydrogen-bond donors (Lipinski definition) is 0. The van der Waals surface area contributed by atoms with Crippen molar-refractivity contribution in [3.05, 3.63) is 41.7 Å². The molecule has 2 aliphatic carbocycles. The summed E-state index contributed by atoms with van der Waals surface area (Å²) < 4.78 is 2.16. The second kappa shape index (κ2) is 11.2. The van der Waals surface area contributed by atoms with Gasteiger partial charge in [-0.25, -0.2) is 0 Å². The van der Waals surface area contributed by atoms with Crippen molar-refractivity contribution in [2.24, 2.45) is 0 Å². The molecule has 4 rings (SSSR count). The SMILES string of the molecule is CCn1c(Cc2ccccc2)nnc1SCC(=O)N(C1CCCCC1)C1CCCCC1. The number of nitrogens with zero attached hydrogens (tertiary/aromatic N) is 4. The molecule has 5 nitrogen and oxygen atoms in total. The Hall–Kier alpha value is -1.82. The molecule has 0 unspecified atom stereocenters. The number of aromatic nitrogens is 3. The molecule has 0 aliphatic heterocycles. The zero-order chi connectivity index (χ0) is 21.5. The Labute approximate surface area is 191 Å². The molecule has 2 saturated carbocycles. The summed E-state index contributed by atoms with van der Waals surface area (Å²) in [6.45, 7) is 2.95. The molecule has 2 fully saturated rings. The summed E-state index contributed by atoms with van der Waals surface area (Å²) in [5.74, 6) is 1.75. The van der Waals surface area contributed by atoms with Gasteiger partial charge in [0.05, 0.1) is 5.75 Å². The van der Waals surface area contributed by atoms with Crippen molar-refractivity contribution in [3.8, 4) is 0 Å². The van der Waals surface area contributed by atoms with E-state index >= 15 is 0 Å². The van der Waals surface area contributed by atoms with Crippen LogP contribution >= 0.6 is 11.8 Å². The number of carbonyl (C=O) groups excluding carboxylic acids is 1. The van der Waals surface area contributed by atoms with E-state index in [2.05, 4.69) is 50.9 Å². The van der Waals surface area contributed by atoms with E-state index < -0.39 is 0 Å². The van der Waals surface area contributed by atoms with Gasteiger partial charge in [-0.15, -0.1) is 10.2 Å². The normalized spacial score (nSPS) is 18.2. The molecule has 1 heterocycles. The molecule has 1 aromatic carbocycles. The van der Waals surface area contributed by atoms with Gasteiger partial charge in [-0.1, -0.05) is 80.6 Å². The lowest BCUT2D eigenvalue weighted by Gasteiger charge is -2.41. The maximum absolute atomic E-state index is 13.5. The van der Waals surface area contributed by atoms with E-state index in [9.17, 15) is 4.79 Å². The van der Waals surface area contributed by atoms with Gasteiger partial charge in [0.2, 0.25) is 5.91 Å². The molecule has 0 N–H and O–H groups in total. The van der Waals surface area contributed by atoms with Crippen molar-refractivity contribution in [2.45, 2.75) is 101 Å². The van der Waals surface area contributed by atoms with Gasteiger partial charge in [-0.3, -0.25) is 4.79 Å². The van der Waals surface area contributed by atoms with Gasteiger partial charge >= 0.3 is 0 Å². The number of carbonyl (C=O) groups is 1. The maximum Gasteiger partial charge on any atom is 0.233 e. The highest BCUT2D eigenvalue weighted by atomic mass is 32.2. The van der Waals surface area contributed by atoms with Crippen molar-refractivity contribution in [2.75, 3.05) is 5.75 Å². The van der Waals surface area contributed by atoms with Crippen LogP contribution in [0.5, 0.6) is 0 Å². The third-order valence-electron chi connectivity index (χ3n) is 6.86. The van der Waals surface area contributed by atoms with Gasteiger partial charge in [-0.05, 0) is 38.2 Å². The average Bonchev–Trinajstić information content (AvgIpc) is 3.21. The Morgan fingerprint density at radius 1 is 0.968 bits per heavy atom. The third kappa shape index (κ3) is 5.71. The highest BCUT2D eigenvalue weighted by Gasteiger charge is 2.32. The van der Waals surface area contributed by atoms with Gasteiger partial charge in [0, 0.05) is 25.0 Å². The van der Waals surface area contributed by atoms with Gasteiger partial charge in [-0.2, -0.15) is 0 Å². The number of rotatable bonds is 8. The Bertz CT molecular complexity index is 807. The van der Waals surface area contributed by atoms with Crippen molar-refractivity contribution < 1.29 is 4.79 Å². The summed E-state index contributed by atoms with van der Waals surface area (Å²) in [5, 5.41) is 9.77. The predicted molar refractivity (Wildman–Crippen MR) is 126 cm³/mol. The summed E-state index contributed by atoms with van der Waals surface area (Å²) in [7, 11) is 0. The summed E-state index contributed by atoms with van der Waals surface area (Å²) in [6, 6.07) is 11.3. The van der Waals surface area contributed by atoms with Gasteiger partial charge in [0.1, 0.15) is 5.82 Å². The lowest BCUT2D eigenvalue weighted by Crippen LogP contribution is -2.49. The third-order valence-corrected chi connectivity index (χ3v) is 7.82. The Morgan fingerprint density at radius 3 is 2.16 bits per heavy atom. The zero-order valence-corrected chi connectivity index (χ0v) is 19.7. The second-order valence-electron chi connectivity index (χ2n) is 8.98. The summed E-state index contributed by atoms with van der Waals surface area (Å²) >= 11 is 1.57. The van der Waals surface area contributed by atoms with Crippen LogP contribution in [-0.4, -0.2) is 43.4 Å². The topological polar surface area (TPSA) is 51.0 Å². The van der Waals surface area contributed by atoms with Gasteiger partial charge in [0.15, 0.2) is 5.16 Å². The van der Waals surface area contributed by atoms with E-state index in [1.165, 1.54) is 69.8 Å². The van der Waals surface area contributed by atoms with E-state index in [0.29, 0.717) is 23.7 Å². The molecule has 168 valence electrons. The van der Waals surface area contributed by atoms with Crippen molar-refractivity contribution in [3.63, 3.8) is 0 Å². The highest BCUT2D eigenvalue weighted by Crippen LogP contribution is 2.31. The largest absolute Gasteiger partial charge is 0.336 e. The molecule has 0 spiro atoms. The molecule has 0 bridgehead atoms. The van der Waals surface area contributed by atoms with Crippen LogP contribution in [0, 0.1) is 0 Å². The molecule has 0 radical (unpaired) electrons. The highest BCUT2D eigenvalue weighted by molar-refractivity contribution is 7.99. The minimum Gasteiger partial charge on any atom is -0.336 e. The summed E-state index contributed by atoms with van der Waals surface area (Å²) in [5.41, 5.74) is 1.23. The van der Waals surface area contributed by atoms with Crippen molar-refractivity contribution >= 4 is 17.7 Å². The first-order valence-electron chi connectivity index (χ1n) is 12.2. The predicted octanol–water partition coefficient (Wildman–Crippen LogP) is 5.47. The van der Waals surface area contributed by atoms with Crippen LogP contribution in [0.25, 0.3) is 0 Å². The Balaban J connectivity index is 1.43. The smallest absolute Gasteiger partial charge is 0.233 e. The summed E-state index contributed by atoms with van der Waals surface area (Å²) in [6.07, 6.45) is 13.2. The van der Waals surface area contributed by atoms with E-state index in [4.69, 9.17) is 0 Å². The average molecular weight is 441 g/mol. The molecule has 31 heavy (non-hydrogen) atoms. The molecule has 2 aliphatic rings. The fourth-order valence-corrected chi connectivity index (χ4v) is 6.17. The molecule has 0 atom stereocenters. The van der Waals surface area contributed by atoms with Crippen LogP contribution in [0.4, 0.5) is 0 Å². The van der Waals surface area contributed by atoms with Crippen LogP contribution < -0.4 is 0 Å². The first kappa shape index (κ1) is 22.4. The molecule has 1 aromatic heterocycles. The second-order valence-corrected chi connectivity index (χ2v) is 9.92. The fourth-order valence-electron chi connectivity index (χ4n) is 5.28. The van der Waals surface area contributed by atoms with Crippen LogP contribution in [0.2, 0.25) is 0 Å². The standard InChI is InChI=1S/C25H36N4OS/c1-2-28-23(18-20-12-6-3-7-13-20)26-27-25(28)31-19-24(30)29(21-14-8-4-9-15-21)22-16-10-5-11-17-22/h3,6-7,12-13,21-22H,2,4-5,8-11,14-19H2,1H3. The van der Waals surface area contributed by atoms with Crippen LogP contribution in [0.1, 0.15) is 82.5 Å². The van der Waals surface area contributed by atoms with Crippen LogP contribution in [0.15, 0.2) is 35.5 Å². The molecule has 6 heteroatoms. The van der Waals surface area contributed by atoms with E-state index in [-0.39, 0.29) is 0 Å². The summed E-state index contributed by atoms with van der Waals surface area (Å²) in [4.78, 5) is 15.8. The van der Waals surface area contributed by atoms with Crippen LogP contribution in [0.3, 0.4) is 0 Å². The first-order chi connectivity index (χ1) is 15.3. The monoisotopic (exact) mass is 440 g/mol. The lowest BCUT2D eigenvalue weighted by molar-refractivity contribution is -0.135. The van der Waals surface area contributed by atoms with E-state index in [1.807, 2.05) is 6.07 Å². The number of amides is 1.